The molecule has 1 aromatic rings. The second-order valence-corrected chi connectivity index (χ2v) is 8.90. The quantitative estimate of drug-likeness (QED) is 0.833. The van der Waals surface area contributed by atoms with Gasteiger partial charge < -0.3 is 5.32 Å². The molecule has 1 saturated heterocycles. The maximum absolute atomic E-state index is 12.6. The van der Waals surface area contributed by atoms with E-state index in [4.69, 9.17) is 0 Å². The lowest BCUT2D eigenvalue weighted by atomic mass is 10.2. The third-order valence-electron chi connectivity index (χ3n) is 3.26. The predicted molar refractivity (Wildman–Crippen MR) is 76.6 cm³/mol. The molecular formula is C12H18N2O4S2. The summed E-state index contributed by atoms with van der Waals surface area (Å²) >= 11 is 0. The molecule has 0 amide bonds. The highest BCUT2D eigenvalue weighted by atomic mass is 32.2. The van der Waals surface area contributed by atoms with Crippen LogP contribution in [0.25, 0.3) is 0 Å². The molecule has 8 heteroatoms. The van der Waals surface area contributed by atoms with Gasteiger partial charge in [0.05, 0.1) is 16.4 Å². The summed E-state index contributed by atoms with van der Waals surface area (Å²) in [4.78, 5) is 0.244. The van der Waals surface area contributed by atoms with Crippen molar-refractivity contribution in [2.24, 2.45) is 0 Å². The van der Waals surface area contributed by atoms with Crippen LogP contribution in [-0.2, 0) is 26.4 Å². The van der Waals surface area contributed by atoms with Crippen molar-refractivity contribution >= 4 is 19.9 Å². The van der Waals surface area contributed by atoms with Gasteiger partial charge in [0.1, 0.15) is 0 Å². The summed E-state index contributed by atoms with van der Waals surface area (Å²) in [6, 6.07) is 6.77. The summed E-state index contributed by atoms with van der Waals surface area (Å²) in [5.74, 6) is -0.221. The average molecular weight is 318 g/mol. The Morgan fingerprint density at radius 3 is 2.40 bits per heavy atom. The molecule has 0 radical (unpaired) electrons. The molecule has 1 N–H and O–H groups in total. The van der Waals surface area contributed by atoms with Crippen LogP contribution in [0.1, 0.15) is 5.56 Å². The maximum atomic E-state index is 12.6. The number of nitrogens with zero attached hydrogens (tertiary/aromatic N) is 1. The van der Waals surface area contributed by atoms with Gasteiger partial charge in [0.25, 0.3) is 0 Å². The van der Waals surface area contributed by atoms with E-state index in [-0.39, 0.29) is 29.5 Å². The fraction of sp³-hybridized carbons (Fsp3) is 0.500. The number of sulfone groups is 1. The Morgan fingerprint density at radius 2 is 1.80 bits per heavy atom. The van der Waals surface area contributed by atoms with E-state index >= 15 is 0 Å². The minimum Gasteiger partial charge on any atom is -0.316 e. The fourth-order valence-electron chi connectivity index (χ4n) is 2.17. The molecule has 0 atom stereocenters. The molecule has 1 fully saturated rings. The molecule has 6 nitrogen and oxygen atoms in total. The van der Waals surface area contributed by atoms with Gasteiger partial charge in [0, 0.05) is 19.6 Å². The van der Waals surface area contributed by atoms with Gasteiger partial charge in [-0.05, 0) is 18.7 Å². The van der Waals surface area contributed by atoms with Crippen LogP contribution in [0.2, 0.25) is 0 Å². The van der Waals surface area contributed by atoms with Crippen LogP contribution in [0.5, 0.6) is 0 Å². The fourth-order valence-corrected chi connectivity index (χ4v) is 5.26. The molecule has 0 aromatic heterocycles. The number of hydrogen-bond acceptors (Lipinski definition) is 5. The molecular weight excluding hydrogens is 300 g/mol. The highest BCUT2D eigenvalue weighted by Gasteiger charge is 2.32. The van der Waals surface area contributed by atoms with Crippen molar-refractivity contribution in [2.45, 2.75) is 11.4 Å². The van der Waals surface area contributed by atoms with Crippen LogP contribution in [0, 0.1) is 0 Å². The minimum absolute atomic E-state index is 0.0263. The van der Waals surface area contributed by atoms with Gasteiger partial charge in [-0.2, -0.15) is 4.31 Å². The molecule has 0 aliphatic carbocycles. The van der Waals surface area contributed by atoms with E-state index in [2.05, 4.69) is 5.32 Å². The Bertz CT molecular complexity index is 669. The SMILES string of the molecule is CNCc1ccccc1S(=O)(=O)N1CCS(=O)(=O)CC1. The lowest BCUT2D eigenvalue weighted by molar-refractivity contribution is 0.430. The molecule has 112 valence electrons. The van der Waals surface area contributed by atoms with E-state index in [1.807, 2.05) is 0 Å². The van der Waals surface area contributed by atoms with Crippen molar-refractivity contribution in [3.63, 3.8) is 0 Å². The van der Waals surface area contributed by atoms with Crippen LogP contribution in [0.3, 0.4) is 0 Å². The Kier molecular flexibility index (Phi) is 4.48. The second-order valence-electron chi connectivity index (χ2n) is 4.69. The van der Waals surface area contributed by atoms with E-state index in [1.165, 1.54) is 4.31 Å². The summed E-state index contributed by atoms with van der Waals surface area (Å²) in [5, 5.41) is 2.93. The van der Waals surface area contributed by atoms with Gasteiger partial charge in [-0.1, -0.05) is 18.2 Å². The molecule has 0 bridgehead atoms. The molecule has 0 unspecified atom stereocenters. The van der Waals surface area contributed by atoms with Crippen molar-refractivity contribution in [3.05, 3.63) is 29.8 Å². The zero-order valence-electron chi connectivity index (χ0n) is 11.2. The predicted octanol–water partition coefficient (Wildman–Crippen LogP) is -0.175. The van der Waals surface area contributed by atoms with E-state index < -0.39 is 19.9 Å². The number of nitrogens with one attached hydrogen (secondary N) is 1. The summed E-state index contributed by atoms with van der Waals surface area (Å²) in [7, 11) is -4.99. The van der Waals surface area contributed by atoms with Gasteiger partial charge in [-0.3, -0.25) is 0 Å². The Hall–Kier alpha value is -0.960. The Morgan fingerprint density at radius 1 is 1.20 bits per heavy atom. The smallest absolute Gasteiger partial charge is 0.243 e. The molecule has 0 saturated carbocycles. The largest absolute Gasteiger partial charge is 0.316 e. The first-order chi connectivity index (χ1) is 9.37. The summed E-state index contributed by atoms with van der Waals surface area (Å²) in [6.45, 7) is 0.499. The summed E-state index contributed by atoms with van der Waals surface area (Å²) in [6.07, 6.45) is 0. The number of sulfonamides is 1. The zero-order valence-corrected chi connectivity index (χ0v) is 12.9. The first-order valence-electron chi connectivity index (χ1n) is 6.30. The molecule has 0 spiro atoms. The summed E-state index contributed by atoms with van der Waals surface area (Å²) < 4.78 is 49.2. The van der Waals surface area contributed by atoms with Crippen molar-refractivity contribution in [1.29, 1.82) is 0 Å². The topological polar surface area (TPSA) is 83.6 Å². The van der Waals surface area contributed by atoms with E-state index in [0.717, 1.165) is 0 Å². The van der Waals surface area contributed by atoms with Crippen LogP contribution in [-0.4, -0.2) is 52.8 Å². The van der Waals surface area contributed by atoms with E-state index in [1.54, 1.807) is 31.3 Å². The van der Waals surface area contributed by atoms with Gasteiger partial charge in [-0.25, -0.2) is 16.8 Å². The maximum Gasteiger partial charge on any atom is 0.243 e. The Balaban J connectivity index is 2.32. The monoisotopic (exact) mass is 318 g/mol. The molecule has 1 aromatic carbocycles. The van der Waals surface area contributed by atoms with Crippen LogP contribution in [0.4, 0.5) is 0 Å². The van der Waals surface area contributed by atoms with E-state index in [9.17, 15) is 16.8 Å². The lowest BCUT2D eigenvalue weighted by Crippen LogP contribution is -2.43. The summed E-state index contributed by atoms with van der Waals surface area (Å²) in [5.41, 5.74) is 0.684. The van der Waals surface area contributed by atoms with Crippen molar-refractivity contribution in [3.8, 4) is 0 Å². The number of rotatable bonds is 4. The average Bonchev–Trinajstić information content (AvgIpc) is 2.39. The first-order valence-corrected chi connectivity index (χ1v) is 9.56. The highest BCUT2D eigenvalue weighted by molar-refractivity contribution is 7.92. The normalized spacial score (nSPS) is 19.9. The molecule has 1 aliphatic heterocycles. The van der Waals surface area contributed by atoms with Gasteiger partial charge in [0.15, 0.2) is 9.84 Å². The first kappa shape index (κ1) is 15.4. The van der Waals surface area contributed by atoms with Crippen LogP contribution < -0.4 is 5.32 Å². The van der Waals surface area contributed by atoms with Crippen LogP contribution >= 0.6 is 0 Å². The molecule has 2 rings (SSSR count). The lowest BCUT2D eigenvalue weighted by Gasteiger charge is -2.26. The number of hydrogen-bond donors (Lipinski definition) is 1. The molecule has 20 heavy (non-hydrogen) atoms. The third kappa shape index (κ3) is 3.20. The van der Waals surface area contributed by atoms with Crippen molar-refractivity contribution < 1.29 is 16.8 Å². The van der Waals surface area contributed by atoms with Crippen LogP contribution in [0.15, 0.2) is 29.2 Å². The minimum atomic E-state index is -3.64. The molecule has 1 heterocycles. The van der Waals surface area contributed by atoms with Gasteiger partial charge >= 0.3 is 0 Å². The van der Waals surface area contributed by atoms with Gasteiger partial charge in [-0.15, -0.1) is 0 Å². The second kappa shape index (κ2) is 5.80. The van der Waals surface area contributed by atoms with Crippen molar-refractivity contribution in [1.82, 2.24) is 9.62 Å². The zero-order chi connectivity index (χ0) is 14.8. The number of benzene rings is 1. The third-order valence-corrected chi connectivity index (χ3v) is 6.87. The van der Waals surface area contributed by atoms with Gasteiger partial charge in [0.2, 0.25) is 10.0 Å². The van der Waals surface area contributed by atoms with Crippen molar-refractivity contribution in [2.75, 3.05) is 31.6 Å². The standard InChI is InChI=1S/C12H18N2O4S2/c1-13-10-11-4-2-3-5-12(11)20(17,18)14-6-8-19(15,16)9-7-14/h2-5,13H,6-10H2,1H3. The highest BCUT2D eigenvalue weighted by Crippen LogP contribution is 2.21. The van der Waals surface area contributed by atoms with E-state index in [0.29, 0.717) is 12.1 Å². The Labute approximate surface area is 119 Å². The molecule has 1 aliphatic rings.